The Bertz CT molecular complexity index is 598. The quantitative estimate of drug-likeness (QED) is 0.768. The van der Waals surface area contributed by atoms with E-state index >= 15 is 0 Å². The number of aromatic carboxylic acids is 1. The molecule has 0 radical (unpaired) electrons. The number of halogens is 1. The number of fused-ring (bicyclic) bond motifs is 1. The lowest BCUT2D eigenvalue weighted by Gasteiger charge is -2.38. The van der Waals surface area contributed by atoms with Gasteiger partial charge in [0.15, 0.2) is 0 Å². The van der Waals surface area contributed by atoms with Gasteiger partial charge in [0.1, 0.15) is 11.3 Å². The van der Waals surface area contributed by atoms with Gasteiger partial charge in [-0.05, 0) is 33.1 Å². The van der Waals surface area contributed by atoms with Gasteiger partial charge in [0.2, 0.25) is 0 Å². The molecule has 102 valence electrons. The van der Waals surface area contributed by atoms with Crippen LogP contribution < -0.4 is 0 Å². The molecule has 0 spiro atoms. The summed E-state index contributed by atoms with van der Waals surface area (Å²) in [4.78, 5) is 11.2. The fourth-order valence-electron chi connectivity index (χ4n) is 2.53. The van der Waals surface area contributed by atoms with Gasteiger partial charge in [-0.15, -0.1) is 0 Å². The number of aromatic hydroxyl groups is 1. The minimum Gasteiger partial charge on any atom is -0.506 e. The summed E-state index contributed by atoms with van der Waals surface area (Å²) in [7, 11) is 0. The molecule has 0 amide bonds. The highest BCUT2D eigenvalue weighted by Crippen LogP contribution is 2.48. The topological polar surface area (TPSA) is 57.5 Å². The Morgan fingerprint density at radius 1 is 1.16 bits per heavy atom. The van der Waals surface area contributed by atoms with Crippen molar-refractivity contribution in [1.29, 1.82) is 0 Å². The molecule has 3 nitrogen and oxygen atoms in total. The van der Waals surface area contributed by atoms with Crippen LogP contribution in [0.1, 0.15) is 49.2 Å². The lowest BCUT2D eigenvalue weighted by atomic mass is 9.67. The molecule has 1 aliphatic rings. The van der Waals surface area contributed by atoms with Crippen LogP contribution in [0.2, 0.25) is 0 Å². The zero-order chi connectivity index (χ0) is 14.6. The van der Waals surface area contributed by atoms with E-state index in [1.165, 1.54) is 0 Å². The van der Waals surface area contributed by atoms with Gasteiger partial charge in [-0.2, -0.15) is 0 Å². The van der Waals surface area contributed by atoms with Crippen molar-refractivity contribution in [2.24, 2.45) is 0 Å². The van der Waals surface area contributed by atoms with Crippen LogP contribution in [0.3, 0.4) is 0 Å². The molecule has 0 bridgehead atoms. The molecule has 0 heterocycles. The zero-order valence-electron chi connectivity index (χ0n) is 11.4. The molecule has 0 unspecified atom stereocenters. The Labute approximate surface area is 121 Å². The van der Waals surface area contributed by atoms with E-state index in [-0.39, 0.29) is 22.1 Å². The van der Waals surface area contributed by atoms with Crippen molar-refractivity contribution in [3.05, 3.63) is 39.4 Å². The Kier molecular flexibility index (Phi) is 3.05. The first kappa shape index (κ1) is 14.1. The number of hydrogen-bond acceptors (Lipinski definition) is 2. The molecule has 0 aromatic heterocycles. The van der Waals surface area contributed by atoms with Crippen LogP contribution in [0.5, 0.6) is 5.75 Å². The Morgan fingerprint density at radius 3 is 2.21 bits per heavy atom. The van der Waals surface area contributed by atoms with Crippen molar-refractivity contribution in [1.82, 2.24) is 0 Å². The number of benzene rings is 1. The van der Waals surface area contributed by atoms with E-state index in [0.717, 1.165) is 11.1 Å². The number of carboxylic acids is 1. The maximum Gasteiger partial charge on any atom is 0.339 e. The second-order valence-electron chi connectivity index (χ2n) is 6.09. The van der Waals surface area contributed by atoms with Crippen LogP contribution >= 0.6 is 15.9 Å². The van der Waals surface area contributed by atoms with Crippen LogP contribution in [0.25, 0.3) is 0 Å². The molecule has 1 aromatic rings. The molecule has 1 aromatic carbocycles. The highest BCUT2D eigenvalue weighted by molar-refractivity contribution is 9.10. The van der Waals surface area contributed by atoms with Gasteiger partial charge in [0.25, 0.3) is 0 Å². The van der Waals surface area contributed by atoms with Crippen LogP contribution in [-0.2, 0) is 10.8 Å². The summed E-state index contributed by atoms with van der Waals surface area (Å²) in [6.45, 7) is 8.16. The van der Waals surface area contributed by atoms with E-state index in [4.69, 9.17) is 0 Å². The maximum atomic E-state index is 11.2. The third-order valence-corrected chi connectivity index (χ3v) is 4.50. The Balaban J connectivity index is 2.88. The number of carboxylic acid groups (broad SMARTS) is 1. The van der Waals surface area contributed by atoms with E-state index in [2.05, 4.69) is 28.1 Å². The second kappa shape index (κ2) is 4.10. The molecule has 19 heavy (non-hydrogen) atoms. The molecular formula is C15H17BrO3. The maximum absolute atomic E-state index is 11.2. The van der Waals surface area contributed by atoms with Gasteiger partial charge in [-0.1, -0.05) is 39.8 Å². The van der Waals surface area contributed by atoms with Gasteiger partial charge in [0.05, 0.1) is 4.47 Å². The van der Waals surface area contributed by atoms with Crippen molar-refractivity contribution in [2.45, 2.75) is 38.5 Å². The number of carbonyl (C=O) groups is 1. The summed E-state index contributed by atoms with van der Waals surface area (Å²) in [5, 5.41) is 19.3. The fraction of sp³-hybridized carbons (Fsp3) is 0.400. The van der Waals surface area contributed by atoms with Gasteiger partial charge in [0, 0.05) is 10.8 Å². The third-order valence-electron chi connectivity index (χ3n) is 3.73. The first-order valence-electron chi connectivity index (χ1n) is 6.08. The largest absolute Gasteiger partial charge is 0.506 e. The lowest BCUT2D eigenvalue weighted by Crippen LogP contribution is -2.30. The summed E-state index contributed by atoms with van der Waals surface area (Å²) in [5.41, 5.74) is 1.30. The first-order chi connectivity index (χ1) is 8.58. The number of allylic oxidation sites excluding steroid dienone is 2. The van der Waals surface area contributed by atoms with Gasteiger partial charge < -0.3 is 10.2 Å². The summed E-state index contributed by atoms with van der Waals surface area (Å²) in [6.07, 6.45) is 4.18. The molecule has 2 N–H and O–H groups in total. The van der Waals surface area contributed by atoms with E-state index in [1.807, 2.05) is 27.7 Å². The van der Waals surface area contributed by atoms with Crippen molar-refractivity contribution in [2.75, 3.05) is 0 Å². The predicted octanol–water partition coefficient (Wildman–Crippen LogP) is 3.98. The number of hydrogen-bond donors (Lipinski definition) is 2. The SMILES string of the molecule is CC1(C)C=CC(C)(C)c2c1cc(C(=O)O)c(O)c2Br. The molecule has 0 saturated heterocycles. The van der Waals surface area contributed by atoms with Crippen LogP contribution in [0.15, 0.2) is 22.7 Å². The normalized spacial score (nSPS) is 19.0. The van der Waals surface area contributed by atoms with E-state index in [0.29, 0.717) is 4.47 Å². The van der Waals surface area contributed by atoms with Crippen LogP contribution in [0.4, 0.5) is 0 Å². The molecule has 4 heteroatoms. The molecule has 0 saturated carbocycles. The summed E-state index contributed by atoms with van der Waals surface area (Å²) in [5.74, 6) is -1.32. The first-order valence-corrected chi connectivity index (χ1v) is 6.87. The van der Waals surface area contributed by atoms with Crippen LogP contribution in [-0.4, -0.2) is 16.2 Å². The van der Waals surface area contributed by atoms with E-state index in [1.54, 1.807) is 6.07 Å². The number of phenols is 1. The van der Waals surface area contributed by atoms with Crippen molar-refractivity contribution < 1.29 is 15.0 Å². The smallest absolute Gasteiger partial charge is 0.339 e. The highest BCUT2D eigenvalue weighted by Gasteiger charge is 2.37. The van der Waals surface area contributed by atoms with Gasteiger partial charge in [-0.3, -0.25) is 0 Å². The average molecular weight is 325 g/mol. The van der Waals surface area contributed by atoms with Crippen molar-refractivity contribution in [3.63, 3.8) is 0 Å². The zero-order valence-corrected chi connectivity index (χ0v) is 13.0. The van der Waals surface area contributed by atoms with Gasteiger partial charge in [-0.25, -0.2) is 4.79 Å². The fourth-order valence-corrected chi connectivity index (χ4v) is 3.47. The monoisotopic (exact) mass is 324 g/mol. The lowest BCUT2D eigenvalue weighted by molar-refractivity contribution is 0.0693. The molecule has 0 fully saturated rings. The minimum atomic E-state index is -1.12. The summed E-state index contributed by atoms with van der Waals surface area (Å²) in [6, 6.07) is 1.59. The predicted molar refractivity (Wildman–Crippen MR) is 78.0 cm³/mol. The number of rotatable bonds is 1. The third kappa shape index (κ3) is 2.08. The molecular weight excluding hydrogens is 308 g/mol. The highest BCUT2D eigenvalue weighted by atomic mass is 79.9. The van der Waals surface area contributed by atoms with Crippen LogP contribution in [0, 0.1) is 0 Å². The average Bonchev–Trinajstić information content (AvgIpc) is 2.27. The minimum absolute atomic E-state index is 0.0650. The van der Waals surface area contributed by atoms with Gasteiger partial charge >= 0.3 is 5.97 Å². The molecule has 0 atom stereocenters. The Morgan fingerprint density at radius 2 is 1.68 bits per heavy atom. The summed E-state index contributed by atoms with van der Waals surface area (Å²) >= 11 is 3.37. The molecule has 0 aliphatic heterocycles. The molecule has 2 rings (SSSR count). The molecule has 1 aliphatic carbocycles. The standard InChI is InChI=1S/C15H17BrO3/c1-14(2)5-6-15(3,4)10-9(14)7-8(13(18)19)12(17)11(10)16/h5-7,17H,1-4H3,(H,18,19). The second-order valence-corrected chi connectivity index (χ2v) is 6.88. The summed E-state index contributed by atoms with van der Waals surface area (Å²) < 4.78 is 0.477. The Hall–Kier alpha value is -1.29. The van der Waals surface area contributed by atoms with Crippen molar-refractivity contribution >= 4 is 21.9 Å². The van der Waals surface area contributed by atoms with E-state index < -0.39 is 5.97 Å². The van der Waals surface area contributed by atoms with E-state index in [9.17, 15) is 15.0 Å². The van der Waals surface area contributed by atoms with Crippen molar-refractivity contribution in [3.8, 4) is 5.75 Å².